The molecule has 1 atom stereocenters. The summed E-state index contributed by atoms with van der Waals surface area (Å²) in [6.07, 6.45) is 0. The highest BCUT2D eigenvalue weighted by atomic mass is 32.2. The van der Waals surface area contributed by atoms with Gasteiger partial charge in [-0.3, -0.25) is 10.1 Å². The Balaban J connectivity index is 2.19. The lowest BCUT2D eigenvalue weighted by Gasteiger charge is -2.10. The van der Waals surface area contributed by atoms with Crippen molar-refractivity contribution in [3.8, 4) is 0 Å². The Morgan fingerprint density at radius 3 is 2.43 bits per heavy atom. The van der Waals surface area contributed by atoms with Crippen LogP contribution in [0.4, 0.5) is 5.69 Å². The van der Waals surface area contributed by atoms with E-state index in [1.54, 1.807) is 13.8 Å². The molecule has 1 aromatic carbocycles. The van der Waals surface area contributed by atoms with Crippen LogP contribution in [-0.2, 0) is 10.0 Å². The molecule has 0 saturated heterocycles. The van der Waals surface area contributed by atoms with Crippen molar-refractivity contribution in [3.05, 3.63) is 46.1 Å². The zero-order chi connectivity index (χ0) is 15.6. The molecule has 2 rings (SSSR count). The molecule has 0 aliphatic carbocycles. The Morgan fingerprint density at radius 2 is 1.95 bits per heavy atom. The van der Waals surface area contributed by atoms with Crippen molar-refractivity contribution in [2.24, 2.45) is 0 Å². The summed E-state index contributed by atoms with van der Waals surface area (Å²) in [7, 11) is -3.84. The van der Waals surface area contributed by atoms with Gasteiger partial charge in [0, 0.05) is 19.1 Å². The average molecular weight is 312 g/mol. The number of nitro groups is 1. The van der Waals surface area contributed by atoms with Crippen molar-refractivity contribution in [1.82, 2.24) is 14.9 Å². The highest BCUT2D eigenvalue weighted by Crippen LogP contribution is 2.18. The summed E-state index contributed by atoms with van der Waals surface area (Å²) < 4.78 is 31.4. The number of nitrogens with zero attached hydrogens (tertiary/aromatic N) is 3. The second kappa shape index (κ2) is 5.58. The molecule has 0 aliphatic rings. The fourth-order valence-corrected chi connectivity index (χ4v) is 2.79. The smallest absolute Gasteiger partial charge is 0.269 e. The number of aryl methyl sites for hydroxylation is 1. The molecule has 0 saturated carbocycles. The van der Waals surface area contributed by atoms with E-state index in [4.69, 9.17) is 4.52 Å². The van der Waals surface area contributed by atoms with E-state index in [2.05, 4.69) is 14.9 Å². The molecule has 0 spiro atoms. The van der Waals surface area contributed by atoms with E-state index in [0.717, 1.165) is 24.3 Å². The first-order valence-electron chi connectivity index (χ1n) is 5.86. The molecule has 0 radical (unpaired) electrons. The van der Waals surface area contributed by atoms with Crippen LogP contribution >= 0.6 is 0 Å². The van der Waals surface area contributed by atoms with Gasteiger partial charge in [0.1, 0.15) is 0 Å². The lowest BCUT2D eigenvalue weighted by molar-refractivity contribution is -0.384. The normalized spacial score (nSPS) is 13.0. The molecule has 1 heterocycles. The number of aromatic nitrogens is 2. The first-order valence-corrected chi connectivity index (χ1v) is 7.35. The summed E-state index contributed by atoms with van der Waals surface area (Å²) in [5.74, 6) is 0.532. The van der Waals surface area contributed by atoms with Crippen molar-refractivity contribution in [2.75, 3.05) is 0 Å². The van der Waals surface area contributed by atoms with Crippen molar-refractivity contribution in [2.45, 2.75) is 24.8 Å². The summed E-state index contributed by atoms with van der Waals surface area (Å²) in [5.41, 5.74) is -0.184. The van der Waals surface area contributed by atoms with Crippen molar-refractivity contribution < 1.29 is 17.9 Å². The van der Waals surface area contributed by atoms with Crippen LogP contribution in [0.2, 0.25) is 0 Å². The van der Waals surface area contributed by atoms with E-state index in [-0.39, 0.29) is 16.4 Å². The number of non-ortho nitro benzene ring substituents is 1. The average Bonchev–Trinajstić information content (AvgIpc) is 2.85. The van der Waals surface area contributed by atoms with Gasteiger partial charge in [-0.2, -0.15) is 4.98 Å². The molecule has 1 aromatic heterocycles. The number of rotatable bonds is 5. The molecule has 0 amide bonds. The van der Waals surface area contributed by atoms with Gasteiger partial charge < -0.3 is 4.52 Å². The van der Waals surface area contributed by atoms with E-state index in [0.29, 0.717) is 5.89 Å². The summed E-state index contributed by atoms with van der Waals surface area (Å²) in [4.78, 5) is 13.8. The molecule has 1 N–H and O–H groups in total. The maximum absolute atomic E-state index is 12.1. The molecule has 112 valence electrons. The summed E-state index contributed by atoms with van der Waals surface area (Å²) in [5, 5.41) is 14.2. The molecular weight excluding hydrogens is 300 g/mol. The molecule has 10 heteroatoms. The number of sulfonamides is 1. The van der Waals surface area contributed by atoms with Gasteiger partial charge in [-0.25, -0.2) is 13.1 Å². The number of benzene rings is 1. The molecule has 2 aromatic rings. The van der Waals surface area contributed by atoms with Crippen LogP contribution in [0.5, 0.6) is 0 Å². The van der Waals surface area contributed by atoms with Gasteiger partial charge in [0.25, 0.3) is 5.69 Å². The third kappa shape index (κ3) is 3.41. The minimum atomic E-state index is -3.84. The third-order valence-electron chi connectivity index (χ3n) is 2.62. The molecule has 9 nitrogen and oxygen atoms in total. The number of hydrogen-bond donors (Lipinski definition) is 1. The van der Waals surface area contributed by atoms with Gasteiger partial charge in [-0.05, 0) is 19.1 Å². The lowest BCUT2D eigenvalue weighted by Crippen LogP contribution is -2.27. The Morgan fingerprint density at radius 1 is 1.33 bits per heavy atom. The van der Waals surface area contributed by atoms with Crippen LogP contribution in [-0.4, -0.2) is 23.5 Å². The SMILES string of the molecule is Cc1nc([C@@H](C)NS(=O)(=O)c2ccc([N+](=O)[O-])cc2)no1. The first-order chi connectivity index (χ1) is 9.79. The Labute approximate surface area is 120 Å². The van der Waals surface area contributed by atoms with E-state index in [1.165, 1.54) is 0 Å². The summed E-state index contributed by atoms with van der Waals surface area (Å²) in [6, 6.07) is 3.88. The van der Waals surface area contributed by atoms with Gasteiger partial charge in [0.05, 0.1) is 15.9 Å². The Bertz CT molecular complexity index is 753. The molecular formula is C11H12N4O5S. The van der Waals surface area contributed by atoms with Gasteiger partial charge in [0.15, 0.2) is 5.82 Å². The highest BCUT2D eigenvalue weighted by molar-refractivity contribution is 7.89. The fourth-order valence-electron chi connectivity index (χ4n) is 1.59. The molecule has 0 fully saturated rings. The van der Waals surface area contributed by atoms with Crippen molar-refractivity contribution in [1.29, 1.82) is 0 Å². The Kier molecular flexibility index (Phi) is 4.00. The topological polar surface area (TPSA) is 128 Å². The van der Waals surface area contributed by atoms with Crippen LogP contribution in [0.1, 0.15) is 24.7 Å². The van der Waals surface area contributed by atoms with Crippen molar-refractivity contribution in [3.63, 3.8) is 0 Å². The molecule has 0 unspecified atom stereocenters. The van der Waals surface area contributed by atoms with Gasteiger partial charge in [-0.1, -0.05) is 5.16 Å². The predicted molar refractivity (Wildman–Crippen MR) is 70.9 cm³/mol. The lowest BCUT2D eigenvalue weighted by atomic mass is 10.3. The quantitative estimate of drug-likeness (QED) is 0.651. The van der Waals surface area contributed by atoms with Crippen LogP contribution in [0.15, 0.2) is 33.7 Å². The molecule has 0 aliphatic heterocycles. The maximum atomic E-state index is 12.1. The summed E-state index contributed by atoms with van der Waals surface area (Å²) in [6.45, 7) is 3.15. The van der Waals surface area contributed by atoms with Crippen LogP contribution < -0.4 is 4.72 Å². The minimum absolute atomic E-state index is 0.0832. The van der Waals surface area contributed by atoms with Crippen LogP contribution in [0.25, 0.3) is 0 Å². The van der Waals surface area contributed by atoms with E-state index in [1.807, 2.05) is 0 Å². The number of nitrogens with one attached hydrogen (secondary N) is 1. The summed E-state index contributed by atoms with van der Waals surface area (Å²) >= 11 is 0. The van der Waals surface area contributed by atoms with E-state index in [9.17, 15) is 18.5 Å². The second-order valence-electron chi connectivity index (χ2n) is 4.27. The van der Waals surface area contributed by atoms with Gasteiger partial charge in [-0.15, -0.1) is 0 Å². The minimum Gasteiger partial charge on any atom is -0.340 e. The van der Waals surface area contributed by atoms with Gasteiger partial charge in [0.2, 0.25) is 15.9 Å². The predicted octanol–water partition coefficient (Wildman–Crippen LogP) is 1.33. The second-order valence-corrected chi connectivity index (χ2v) is 5.98. The monoisotopic (exact) mass is 312 g/mol. The van der Waals surface area contributed by atoms with Crippen molar-refractivity contribution >= 4 is 15.7 Å². The highest BCUT2D eigenvalue weighted by Gasteiger charge is 2.22. The molecule has 0 bridgehead atoms. The number of nitro benzene ring substituents is 1. The standard InChI is InChI=1S/C11H12N4O5S/c1-7(11-12-8(2)20-13-11)14-21(18,19)10-5-3-9(4-6-10)15(16)17/h3-7,14H,1-2H3/t7-/m1/s1. The zero-order valence-corrected chi connectivity index (χ0v) is 12.0. The fraction of sp³-hybridized carbons (Fsp3) is 0.273. The largest absolute Gasteiger partial charge is 0.340 e. The van der Waals surface area contributed by atoms with Gasteiger partial charge >= 0.3 is 0 Å². The van der Waals surface area contributed by atoms with E-state index < -0.39 is 21.0 Å². The molecule has 21 heavy (non-hydrogen) atoms. The van der Waals surface area contributed by atoms with E-state index >= 15 is 0 Å². The number of hydrogen-bond acceptors (Lipinski definition) is 7. The van der Waals surface area contributed by atoms with Crippen LogP contribution in [0, 0.1) is 17.0 Å². The zero-order valence-electron chi connectivity index (χ0n) is 11.2. The maximum Gasteiger partial charge on any atom is 0.269 e. The first kappa shape index (κ1) is 15.1. The third-order valence-corrected chi connectivity index (χ3v) is 4.18. The van der Waals surface area contributed by atoms with Crippen LogP contribution in [0.3, 0.4) is 0 Å². The Hall–Kier alpha value is -2.33.